The number of benzene rings is 1. The summed E-state index contributed by atoms with van der Waals surface area (Å²) in [5.41, 5.74) is -0.0194. The molecule has 9 heteroatoms. The molecule has 1 aromatic carbocycles. The van der Waals surface area contributed by atoms with E-state index in [2.05, 4.69) is 5.32 Å². The molecule has 2 unspecified atom stereocenters. The number of rotatable bonds is 10. The first kappa shape index (κ1) is 26.4. The van der Waals surface area contributed by atoms with Gasteiger partial charge in [0.25, 0.3) is 0 Å². The van der Waals surface area contributed by atoms with E-state index >= 15 is 0 Å². The quantitative estimate of drug-likeness (QED) is 0.319. The lowest BCUT2D eigenvalue weighted by molar-refractivity contribution is -0.696. The Labute approximate surface area is 200 Å². The average Bonchev–Trinajstić information content (AvgIpc) is 3.53. The van der Waals surface area contributed by atoms with Gasteiger partial charge in [0.2, 0.25) is 0 Å². The molecule has 0 saturated heterocycles. The molecule has 0 bridgehead atoms. The zero-order chi connectivity index (χ0) is 24.3. The van der Waals surface area contributed by atoms with Crippen molar-refractivity contribution in [2.75, 3.05) is 6.54 Å². The number of quaternary nitrogens is 1. The minimum Gasteiger partial charge on any atom is -0.545 e. The number of hydrogen-bond acceptors (Lipinski definition) is 7. The fourth-order valence-electron chi connectivity index (χ4n) is 3.17. The van der Waals surface area contributed by atoms with Gasteiger partial charge >= 0.3 is 5.97 Å². The maximum Gasteiger partial charge on any atom is 0.328 e. The Morgan fingerprint density at radius 2 is 1.61 bits per heavy atom. The molecule has 3 rings (SSSR count). The SMILES string of the molecule is CC([NH2+]CCC(O)(c1cccs1)c1cccs1)C(O)c1ccccc1.O=C([O-])/C=C/C(=O)O. The summed E-state index contributed by atoms with van der Waals surface area (Å²) in [5, 5.41) is 45.2. The Balaban J connectivity index is 0.000000414. The summed E-state index contributed by atoms with van der Waals surface area (Å²) >= 11 is 3.17. The number of nitrogens with two attached hydrogens (primary N) is 1. The normalized spacial score (nSPS) is 13.2. The number of carbonyl (C=O) groups is 2. The number of carboxylic acids is 2. The van der Waals surface area contributed by atoms with Crippen LogP contribution in [-0.2, 0) is 15.2 Å². The number of carbonyl (C=O) groups excluding carboxylic acids is 1. The van der Waals surface area contributed by atoms with E-state index in [0.717, 1.165) is 21.9 Å². The fraction of sp³-hybridized carbons (Fsp3) is 0.250. The maximum absolute atomic E-state index is 11.3. The molecule has 3 aromatic rings. The average molecular weight is 490 g/mol. The largest absolute Gasteiger partial charge is 0.545 e. The molecule has 2 atom stereocenters. The van der Waals surface area contributed by atoms with Crippen molar-refractivity contribution in [1.29, 1.82) is 0 Å². The van der Waals surface area contributed by atoms with Gasteiger partial charge in [0, 0.05) is 22.3 Å². The van der Waals surface area contributed by atoms with Gasteiger partial charge in [-0.25, -0.2) is 4.79 Å². The van der Waals surface area contributed by atoms with E-state index in [1.807, 2.05) is 72.3 Å². The van der Waals surface area contributed by atoms with E-state index in [1.54, 1.807) is 22.7 Å². The number of carboxylic acid groups (broad SMARTS) is 2. The van der Waals surface area contributed by atoms with E-state index in [-0.39, 0.29) is 6.04 Å². The van der Waals surface area contributed by atoms with Gasteiger partial charge in [-0.2, -0.15) is 0 Å². The maximum atomic E-state index is 11.3. The van der Waals surface area contributed by atoms with E-state index in [0.29, 0.717) is 18.6 Å². The zero-order valence-electron chi connectivity index (χ0n) is 18.0. The van der Waals surface area contributed by atoms with Crippen LogP contribution in [0.15, 0.2) is 77.5 Å². The number of aliphatic hydroxyl groups is 2. The highest BCUT2D eigenvalue weighted by Crippen LogP contribution is 2.37. The smallest absolute Gasteiger partial charge is 0.328 e. The summed E-state index contributed by atoms with van der Waals surface area (Å²) in [6.07, 6.45) is 1.04. The summed E-state index contributed by atoms with van der Waals surface area (Å²) in [6, 6.07) is 17.7. The summed E-state index contributed by atoms with van der Waals surface area (Å²) < 4.78 is 0. The minimum atomic E-state index is -1.51. The van der Waals surface area contributed by atoms with Crippen molar-refractivity contribution in [3.05, 3.63) is 92.8 Å². The predicted molar refractivity (Wildman–Crippen MR) is 126 cm³/mol. The first-order valence-corrected chi connectivity index (χ1v) is 12.0. The highest BCUT2D eigenvalue weighted by Gasteiger charge is 2.34. The van der Waals surface area contributed by atoms with E-state index in [4.69, 9.17) is 5.11 Å². The summed E-state index contributed by atoms with van der Waals surface area (Å²) in [4.78, 5) is 20.9. The standard InChI is InChI=1S/C20H23NO2S2.C4H4O4/c1-15(19(22)16-7-3-2-4-8-16)21-12-11-20(23,17-9-5-13-24-17)18-10-6-14-25-18;5-3(6)1-2-4(7)8/h2-10,13-15,19,21-23H,11-12H2,1H3;1-2H,(H,5,6)(H,7,8)/b;2-1+. The van der Waals surface area contributed by atoms with E-state index in [1.165, 1.54) is 0 Å². The van der Waals surface area contributed by atoms with Crippen LogP contribution in [0.4, 0.5) is 0 Å². The van der Waals surface area contributed by atoms with Crippen molar-refractivity contribution in [1.82, 2.24) is 0 Å². The molecule has 2 aromatic heterocycles. The molecule has 0 saturated carbocycles. The van der Waals surface area contributed by atoms with Gasteiger partial charge in [0.15, 0.2) is 0 Å². The Kier molecular flexibility index (Phi) is 10.4. The lowest BCUT2D eigenvalue weighted by atomic mass is 9.95. The van der Waals surface area contributed by atoms with Crippen molar-refractivity contribution < 1.29 is 35.3 Å². The molecule has 0 aliphatic rings. The van der Waals surface area contributed by atoms with Crippen LogP contribution in [0, 0.1) is 0 Å². The van der Waals surface area contributed by atoms with Gasteiger partial charge in [0.05, 0.1) is 12.5 Å². The topological polar surface area (TPSA) is 134 Å². The molecular formula is C24H27NO6S2. The summed E-state index contributed by atoms with van der Waals surface area (Å²) in [6.45, 7) is 2.75. The van der Waals surface area contributed by atoms with E-state index < -0.39 is 23.6 Å². The van der Waals surface area contributed by atoms with Crippen molar-refractivity contribution in [3.8, 4) is 0 Å². The van der Waals surface area contributed by atoms with Gasteiger partial charge in [-0.1, -0.05) is 42.5 Å². The Bertz CT molecular complexity index is 953. The number of aliphatic carboxylic acids is 2. The lowest BCUT2D eigenvalue weighted by Gasteiger charge is -2.26. The molecule has 7 nitrogen and oxygen atoms in total. The zero-order valence-corrected chi connectivity index (χ0v) is 19.7. The molecule has 33 heavy (non-hydrogen) atoms. The van der Waals surface area contributed by atoms with Crippen molar-refractivity contribution >= 4 is 34.6 Å². The van der Waals surface area contributed by atoms with Crippen LogP contribution in [-0.4, -0.2) is 39.8 Å². The lowest BCUT2D eigenvalue weighted by Crippen LogP contribution is -2.90. The fourth-order valence-corrected chi connectivity index (χ4v) is 4.97. The molecule has 176 valence electrons. The van der Waals surface area contributed by atoms with Crippen molar-refractivity contribution in [2.24, 2.45) is 0 Å². The monoisotopic (exact) mass is 489 g/mol. The van der Waals surface area contributed by atoms with Crippen LogP contribution in [0.5, 0.6) is 0 Å². The highest BCUT2D eigenvalue weighted by atomic mass is 32.1. The van der Waals surface area contributed by atoms with Crippen LogP contribution in [0.1, 0.15) is 34.8 Å². The molecule has 0 spiro atoms. The van der Waals surface area contributed by atoms with Crippen molar-refractivity contribution in [3.63, 3.8) is 0 Å². The van der Waals surface area contributed by atoms with Gasteiger partial charge in [-0.3, -0.25) is 0 Å². The summed E-state index contributed by atoms with van der Waals surface area (Å²) in [7, 11) is 0. The van der Waals surface area contributed by atoms with Crippen LogP contribution in [0.2, 0.25) is 0 Å². The minimum absolute atomic E-state index is 0.0262. The Morgan fingerprint density at radius 3 is 2.03 bits per heavy atom. The van der Waals surface area contributed by atoms with Crippen LogP contribution in [0.25, 0.3) is 0 Å². The number of aliphatic hydroxyl groups excluding tert-OH is 1. The number of thiophene rings is 2. The van der Waals surface area contributed by atoms with Crippen LogP contribution >= 0.6 is 22.7 Å². The molecule has 0 aliphatic carbocycles. The van der Waals surface area contributed by atoms with Gasteiger partial charge in [-0.15, -0.1) is 22.7 Å². The van der Waals surface area contributed by atoms with Gasteiger partial charge in [-0.05, 0) is 41.5 Å². The molecule has 2 heterocycles. The molecular weight excluding hydrogens is 462 g/mol. The third-order valence-corrected chi connectivity index (χ3v) is 6.95. The molecule has 0 amide bonds. The first-order valence-electron chi connectivity index (χ1n) is 10.2. The van der Waals surface area contributed by atoms with E-state index in [9.17, 15) is 24.9 Å². The second kappa shape index (κ2) is 13.0. The third-order valence-electron chi connectivity index (χ3n) is 4.90. The number of hydrogen-bond donors (Lipinski definition) is 4. The van der Waals surface area contributed by atoms with Crippen LogP contribution in [0.3, 0.4) is 0 Å². The Hall–Kier alpha value is -2.82. The molecule has 0 radical (unpaired) electrons. The second-order valence-electron chi connectivity index (χ2n) is 7.29. The predicted octanol–water partition coefficient (Wildman–Crippen LogP) is 1.50. The highest BCUT2D eigenvalue weighted by molar-refractivity contribution is 7.11. The summed E-state index contributed by atoms with van der Waals surface area (Å²) in [5.74, 6) is -2.80. The van der Waals surface area contributed by atoms with Gasteiger partial charge in [0.1, 0.15) is 17.7 Å². The van der Waals surface area contributed by atoms with Crippen molar-refractivity contribution in [2.45, 2.75) is 31.1 Å². The molecule has 0 aliphatic heterocycles. The first-order chi connectivity index (χ1) is 15.7. The van der Waals surface area contributed by atoms with Crippen LogP contribution < -0.4 is 10.4 Å². The Morgan fingerprint density at radius 1 is 1.03 bits per heavy atom. The third kappa shape index (κ3) is 8.23. The molecule has 0 fully saturated rings. The van der Waals surface area contributed by atoms with Gasteiger partial charge < -0.3 is 30.5 Å². The second-order valence-corrected chi connectivity index (χ2v) is 9.19. The molecule has 5 N–H and O–H groups in total.